The standard InChI is InChI=1S/C17H23BrN2O4/c1-12(2)11-20(10-8-16(22)23)15(21)7-9-19-17(24)13-3-5-14(18)6-4-13/h3-6,12H,7-11H2,1-2H3,(H,19,24)(H,22,23). The van der Waals surface area contributed by atoms with E-state index in [2.05, 4.69) is 21.2 Å². The molecule has 1 aromatic carbocycles. The molecule has 6 nitrogen and oxygen atoms in total. The van der Waals surface area contributed by atoms with Crippen LogP contribution in [0.3, 0.4) is 0 Å². The fourth-order valence-corrected chi connectivity index (χ4v) is 2.40. The van der Waals surface area contributed by atoms with Gasteiger partial charge in [0.05, 0.1) is 6.42 Å². The summed E-state index contributed by atoms with van der Waals surface area (Å²) in [6, 6.07) is 6.94. The molecule has 7 heteroatoms. The number of hydrogen-bond acceptors (Lipinski definition) is 3. The number of carboxylic acids is 1. The number of carboxylic acid groups (broad SMARTS) is 1. The van der Waals surface area contributed by atoms with E-state index in [0.29, 0.717) is 12.1 Å². The van der Waals surface area contributed by atoms with Crippen molar-refractivity contribution >= 4 is 33.7 Å². The first-order chi connectivity index (χ1) is 11.3. The highest BCUT2D eigenvalue weighted by Crippen LogP contribution is 2.10. The number of carbonyl (C=O) groups is 3. The molecule has 1 rings (SSSR count). The lowest BCUT2D eigenvalue weighted by atomic mass is 10.2. The van der Waals surface area contributed by atoms with Gasteiger partial charge in [-0.3, -0.25) is 14.4 Å². The molecule has 0 saturated heterocycles. The second-order valence-corrected chi connectivity index (χ2v) is 6.81. The Bertz CT molecular complexity index is 572. The smallest absolute Gasteiger partial charge is 0.305 e. The number of nitrogens with one attached hydrogen (secondary N) is 1. The predicted octanol–water partition coefficient (Wildman–Crippen LogP) is 2.53. The average Bonchev–Trinajstić information content (AvgIpc) is 2.51. The molecule has 0 radical (unpaired) electrons. The highest BCUT2D eigenvalue weighted by molar-refractivity contribution is 9.10. The number of rotatable bonds is 9. The minimum Gasteiger partial charge on any atom is -0.481 e. The first kappa shape index (κ1) is 20.2. The first-order valence-electron chi connectivity index (χ1n) is 7.83. The van der Waals surface area contributed by atoms with Gasteiger partial charge in [-0.1, -0.05) is 29.8 Å². The maximum absolute atomic E-state index is 12.2. The van der Waals surface area contributed by atoms with Gasteiger partial charge < -0.3 is 15.3 Å². The second-order valence-electron chi connectivity index (χ2n) is 5.89. The van der Waals surface area contributed by atoms with Gasteiger partial charge in [0.2, 0.25) is 5.91 Å². The molecule has 0 atom stereocenters. The Balaban J connectivity index is 2.47. The van der Waals surface area contributed by atoms with E-state index in [1.807, 2.05) is 13.8 Å². The Morgan fingerprint density at radius 3 is 2.33 bits per heavy atom. The summed E-state index contributed by atoms with van der Waals surface area (Å²) in [4.78, 5) is 36.4. The summed E-state index contributed by atoms with van der Waals surface area (Å²) in [7, 11) is 0. The van der Waals surface area contributed by atoms with Crippen molar-refractivity contribution < 1.29 is 19.5 Å². The van der Waals surface area contributed by atoms with Crippen molar-refractivity contribution in [3.05, 3.63) is 34.3 Å². The molecule has 0 heterocycles. The zero-order chi connectivity index (χ0) is 18.1. The monoisotopic (exact) mass is 398 g/mol. The van der Waals surface area contributed by atoms with Gasteiger partial charge in [0, 0.05) is 36.1 Å². The molecule has 0 unspecified atom stereocenters. The van der Waals surface area contributed by atoms with E-state index in [0.717, 1.165) is 4.47 Å². The fraction of sp³-hybridized carbons (Fsp3) is 0.471. The normalized spacial score (nSPS) is 10.5. The molecule has 0 aliphatic rings. The zero-order valence-electron chi connectivity index (χ0n) is 13.9. The molecule has 2 amide bonds. The van der Waals surface area contributed by atoms with E-state index in [1.54, 1.807) is 29.2 Å². The summed E-state index contributed by atoms with van der Waals surface area (Å²) >= 11 is 3.30. The zero-order valence-corrected chi connectivity index (χ0v) is 15.5. The van der Waals surface area contributed by atoms with E-state index >= 15 is 0 Å². The molecule has 0 aromatic heterocycles. The number of carbonyl (C=O) groups excluding carboxylic acids is 2. The van der Waals surface area contributed by atoms with Crippen LogP contribution in [0.2, 0.25) is 0 Å². The number of amides is 2. The number of benzene rings is 1. The van der Waals surface area contributed by atoms with Gasteiger partial charge in [0.1, 0.15) is 0 Å². The summed E-state index contributed by atoms with van der Waals surface area (Å²) in [6.45, 7) is 4.85. The Labute approximate surface area is 150 Å². The van der Waals surface area contributed by atoms with Crippen molar-refractivity contribution in [1.82, 2.24) is 10.2 Å². The van der Waals surface area contributed by atoms with Crippen LogP contribution in [0.4, 0.5) is 0 Å². The lowest BCUT2D eigenvalue weighted by molar-refractivity contribution is -0.138. The highest BCUT2D eigenvalue weighted by atomic mass is 79.9. The summed E-state index contributed by atoms with van der Waals surface area (Å²) in [5.41, 5.74) is 0.524. The maximum Gasteiger partial charge on any atom is 0.305 e. The van der Waals surface area contributed by atoms with Crippen molar-refractivity contribution in [3.63, 3.8) is 0 Å². The lowest BCUT2D eigenvalue weighted by Crippen LogP contribution is -2.38. The van der Waals surface area contributed by atoms with Crippen LogP contribution in [0, 0.1) is 5.92 Å². The number of aliphatic carboxylic acids is 1. The van der Waals surface area contributed by atoms with Gasteiger partial charge >= 0.3 is 5.97 Å². The quantitative estimate of drug-likeness (QED) is 0.668. The van der Waals surface area contributed by atoms with E-state index in [1.165, 1.54) is 0 Å². The topological polar surface area (TPSA) is 86.7 Å². The molecule has 0 saturated carbocycles. The molecule has 1 aromatic rings. The molecule has 2 N–H and O–H groups in total. The largest absolute Gasteiger partial charge is 0.481 e. The molecule has 0 fully saturated rings. The third-order valence-corrected chi connectivity index (χ3v) is 3.79. The summed E-state index contributed by atoms with van der Waals surface area (Å²) in [5.74, 6) is -1.07. The van der Waals surface area contributed by atoms with E-state index in [9.17, 15) is 14.4 Å². The fourth-order valence-electron chi connectivity index (χ4n) is 2.13. The van der Waals surface area contributed by atoms with Gasteiger partial charge in [-0.15, -0.1) is 0 Å². The van der Waals surface area contributed by atoms with E-state index < -0.39 is 5.97 Å². The Hall–Kier alpha value is -1.89. The van der Waals surface area contributed by atoms with Crippen molar-refractivity contribution in [1.29, 1.82) is 0 Å². The van der Waals surface area contributed by atoms with E-state index in [4.69, 9.17) is 5.11 Å². The van der Waals surface area contributed by atoms with Crippen LogP contribution >= 0.6 is 15.9 Å². The third-order valence-electron chi connectivity index (χ3n) is 3.26. The highest BCUT2D eigenvalue weighted by Gasteiger charge is 2.16. The lowest BCUT2D eigenvalue weighted by Gasteiger charge is -2.24. The Kier molecular flexibility index (Phi) is 8.46. The minimum atomic E-state index is -0.930. The summed E-state index contributed by atoms with van der Waals surface area (Å²) in [6.07, 6.45) is 0.0678. The van der Waals surface area contributed by atoms with Crippen LogP contribution in [0.25, 0.3) is 0 Å². The first-order valence-corrected chi connectivity index (χ1v) is 8.62. The molecule has 132 valence electrons. The van der Waals surface area contributed by atoms with Crippen LogP contribution in [0.5, 0.6) is 0 Å². The van der Waals surface area contributed by atoms with E-state index in [-0.39, 0.29) is 43.7 Å². The minimum absolute atomic E-state index is 0.0797. The average molecular weight is 399 g/mol. The van der Waals surface area contributed by atoms with Gasteiger partial charge in [-0.05, 0) is 30.2 Å². The van der Waals surface area contributed by atoms with Gasteiger partial charge in [0.25, 0.3) is 5.91 Å². The molecular weight excluding hydrogens is 376 g/mol. The molecule has 24 heavy (non-hydrogen) atoms. The van der Waals surface area contributed by atoms with Crippen molar-refractivity contribution in [2.24, 2.45) is 5.92 Å². The van der Waals surface area contributed by atoms with Crippen LogP contribution in [-0.4, -0.2) is 47.4 Å². The maximum atomic E-state index is 12.2. The number of halogens is 1. The molecular formula is C17H23BrN2O4. The Morgan fingerprint density at radius 1 is 1.17 bits per heavy atom. The molecule has 0 aliphatic heterocycles. The van der Waals surface area contributed by atoms with Crippen LogP contribution in [0.1, 0.15) is 37.0 Å². The van der Waals surface area contributed by atoms with Crippen molar-refractivity contribution in [2.45, 2.75) is 26.7 Å². The third kappa shape index (κ3) is 7.59. The number of nitrogens with zero attached hydrogens (tertiary/aromatic N) is 1. The van der Waals surface area contributed by atoms with Crippen molar-refractivity contribution in [2.75, 3.05) is 19.6 Å². The SMILES string of the molecule is CC(C)CN(CCC(=O)O)C(=O)CCNC(=O)c1ccc(Br)cc1. The van der Waals surface area contributed by atoms with Gasteiger partial charge in [0.15, 0.2) is 0 Å². The van der Waals surface area contributed by atoms with Crippen LogP contribution in [-0.2, 0) is 9.59 Å². The predicted molar refractivity (Wildman–Crippen MR) is 94.8 cm³/mol. The molecule has 0 aliphatic carbocycles. The van der Waals surface area contributed by atoms with Gasteiger partial charge in [-0.25, -0.2) is 0 Å². The summed E-state index contributed by atoms with van der Waals surface area (Å²) in [5, 5.41) is 11.5. The van der Waals surface area contributed by atoms with Crippen LogP contribution < -0.4 is 5.32 Å². The van der Waals surface area contributed by atoms with Crippen LogP contribution in [0.15, 0.2) is 28.7 Å². The molecule has 0 bridgehead atoms. The Morgan fingerprint density at radius 2 is 1.79 bits per heavy atom. The summed E-state index contributed by atoms with van der Waals surface area (Å²) < 4.78 is 0.886. The number of hydrogen-bond donors (Lipinski definition) is 2. The van der Waals surface area contributed by atoms with Gasteiger partial charge in [-0.2, -0.15) is 0 Å². The molecule has 0 spiro atoms. The second kappa shape index (κ2) is 10.1. The van der Waals surface area contributed by atoms with Crippen molar-refractivity contribution in [3.8, 4) is 0 Å².